The average molecular weight is 439 g/mol. The van der Waals surface area contributed by atoms with Crippen molar-refractivity contribution in [3.05, 3.63) is 65.1 Å². The van der Waals surface area contributed by atoms with Crippen LogP contribution < -0.4 is 4.74 Å². The molecule has 0 N–H and O–H groups in total. The van der Waals surface area contributed by atoms with Crippen LogP contribution in [0.1, 0.15) is 17.5 Å². The topological polar surface area (TPSA) is 38.8 Å². The van der Waals surface area contributed by atoms with Crippen molar-refractivity contribution in [2.45, 2.75) is 17.5 Å². The molecular formula is C22H24F3NO3S. The highest BCUT2D eigenvalue weighted by molar-refractivity contribution is 7.88. The quantitative estimate of drug-likeness (QED) is 0.565. The maximum atomic E-state index is 13.0. The fraction of sp³-hybridized carbons (Fsp3) is 0.364. The highest BCUT2D eigenvalue weighted by Gasteiger charge is 2.32. The van der Waals surface area contributed by atoms with Gasteiger partial charge in [-0.25, -0.2) is 4.21 Å². The van der Waals surface area contributed by atoms with E-state index in [1.807, 2.05) is 0 Å². The highest BCUT2D eigenvalue weighted by atomic mass is 32.2. The van der Waals surface area contributed by atoms with Crippen LogP contribution in [0.15, 0.2) is 58.8 Å². The third-order valence-corrected chi connectivity index (χ3v) is 5.80. The Bertz CT molecular complexity index is 863. The number of hydrogen-bond acceptors (Lipinski definition) is 4. The van der Waals surface area contributed by atoms with Crippen molar-refractivity contribution in [3.63, 3.8) is 0 Å². The van der Waals surface area contributed by atoms with E-state index in [2.05, 4.69) is 4.90 Å². The summed E-state index contributed by atoms with van der Waals surface area (Å²) in [6, 6.07) is 12.0. The first-order valence-corrected chi connectivity index (χ1v) is 10.9. The van der Waals surface area contributed by atoms with Gasteiger partial charge in [0.15, 0.2) is 0 Å². The Morgan fingerprint density at radius 2 is 1.77 bits per heavy atom. The standard InChI is InChI=1S/C22H24F3NO3S/c23-22(24,25)21-5-2-1-4-18(21)10-17-30(27)20-8-6-19(7-9-20)29-14-3-11-26-12-15-28-16-13-26/h1-2,4-10,17H,3,11-16H2/b17-10+. The van der Waals surface area contributed by atoms with E-state index in [9.17, 15) is 17.4 Å². The van der Waals surface area contributed by atoms with Crippen LogP contribution in [0.25, 0.3) is 6.08 Å². The Labute approximate surface area is 176 Å². The van der Waals surface area contributed by atoms with Gasteiger partial charge in [0.2, 0.25) is 0 Å². The van der Waals surface area contributed by atoms with E-state index in [0.29, 0.717) is 17.3 Å². The molecular weight excluding hydrogens is 415 g/mol. The van der Waals surface area contributed by atoms with Crippen LogP contribution in [0.2, 0.25) is 0 Å². The van der Waals surface area contributed by atoms with Gasteiger partial charge in [-0.2, -0.15) is 13.2 Å². The molecule has 3 rings (SSSR count). The van der Waals surface area contributed by atoms with Gasteiger partial charge in [-0.3, -0.25) is 4.90 Å². The van der Waals surface area contributed by atoms with Crippen LogP contribution in [-0.2, 0) is 21.7 Å². The normalized spacial score (nSPS) is 16.6. The van der Waals surface area contributed by atoms with Gasteiger partial charge < -0.3 is 9.47 Å². The lowest BCUT2D eigenvalue weighted by Crippen LogP contribution is -2.37. The van der Waals surface area contributed by atoms with Gasteiger partial charge in [0.05, 0.1) is 36.2 Å². The van der Waals surface area contributed by atoms with Crippen molar-refractivity contribution in [2.24, 2.45) is 0 Å². The Morgan fingerprint density at radius 3 is 2.47 bits per heavy atom. The molecule has 2 aromatic carbocycles. The summed E-state index contributed by atoms with van der Waals surface area (Å²) in [7, 11) is -1.56. The number of rotatable bonds is 8. The van der Waals surface area contributed by atoms with Crippen molar-refractivity contribution in [1.29, 1.82) is 0 Å². The summed E-state index contributed by atoms with van der Waals surface area (Å²) in [5, 5.41) is 1.27. The molecule has 1 fully saturated rings. The predicted octanol–water partition coefficient (Wildman–Crippen LogP) is 4.59. The van der Waals surface area contributed by atoms with Gasteiger partial charge >= 0.3 is 6.18 Å². The minimum Gasteiger partial charge on any atom is -0.494 e. The van der Waals surface area contributed by atoms with Crippen LogP contribution in [0.4, 0.5) is 13.2 Å². The number of nitrogens with zero attached hydrogens (tertiary/aromatic N) is 1. The zero-order valence-electron chi connectivity index (χ0n) is 16.4. The van der Waals surface area contributed by atoms with Crippen molar-refractivity contribution in [3.8, 4) is 5.75 Å². The van der Waals surface area contributed by atoms with E-state index in [4.69, 9.17) is 9.47 Å². The zero-order chi connectivity index (χ0) is 21.4. The smallest absolute Gasteiger partial charge is 0.416 e. The molecule has 162 valence electrons. The summed E-state index contributed by atoms with van der Waals surface area (Å²) in [6.45, 7) is 4.97. The lowest BCUT2D eigenvalue weighted by Gasteiger charge is -2.26. The maximum Gasteiger partial charge on any atom is 0.416 e. The second kappa shape index (κ2) is 10.7. The molecule has 30 heavy (non-hydrogen) atoms. The molecule has 1 atom stereocenters. The monoisotopic (exact) mass is 439 g/mol. The van der Waals surface area contributed by atoms with E-state index in [0.717, 1.165) is 45.3 Å². The molecule has 1 heterocycles. The van der Waals surface area contributed by atoms with Crippen molar-refractivity contribution >= 4 is 16.9 Å². The van der Waals surface area contributed by atoms with E-state index >= 15 is 0 Å². The molecule has 8 heteroatoms. The molecule has 0 aromatic heterocycles. The van der Waals surface area contributed by atoms with E-state index in [1.165, 1.54) is 29.7 Å². The van der Waals surface area contributed by atoms with Gasteiger partial charge in [0, 0.05) is 29.9 Å². The van der Waals surface area contributed by atoms with E-state index in [1.54, 1.807) is 24.3 Å². The zero-order valence-corrected chi connectivity index (χ0v) is 17.3. The lowest BCUT2D eigenvalue weighted by molar-refractivity contribution is -0.137. The fourth-order valence-corrected chi connectivity index (χ4v) is 3.92. The molecule has 0 spiro atoms. The van der Waals surface area contributed by atoms with Gasteiger partial charge in [-0.1, -0.05) is 18.2 Å². The largest absolute Gasteiger partial charge is 0.494 e. The SMILES string of the molecule is O=S(/C=C/c1ccccc1C(F)(F)F)c1ccc(OCCCN2CCOCC2)cc1. The third-order valence-electron chi connectivity index (χ3n) is 4.68. The first kappa shape index (κ1) is 22.5. The molecule has 0 amide bonds. The summed E-state index contributed by atoms with van der Waals surface area (Å²) < 4.78 is 62.6. The molecule has 1 unspecified atom stereocenters. The first-order valence-electron chi connectivity index (χ1n) is 9.71. The molecule has 1 saturated heterocycles. The van der Waals surface area contributed by atoms with E-state index in [-0.39, 0.29) is 5.56 Å². The minimum absolute atomic E-state index is 0.0152. The lowest BCUT2D eigenvalue weighted by atomic mass is 10.1. The predicted molar refractivity (Wildman–Crippen MR) is 111 cm³/mol. The Hall–Kier alpha value is -2.16. The molecule has 1 aliphatic heterocycles. The number of alkyl halides is 3. The second-order valence-corrected chi connectivity index (χ2v) is 8.15. The molecule has 2 aromatic rings. The summed E-state index contributed by atoms with van der Waals surface area (Å²) in [6.07, 6.45) is -2.31. The average Bonchev–Trinajstić information content (AvgIpc) is 2.76. The number of benzene rings is 2. The van der Waals surface area contributed by atoms with E-state index < -0.39 is 22.5 Å². The summed E-state index contributed by atoms with van der Waals surface area (Å²) in [4.78, 5) is 2.83. The first-order chi connectivity index (χ1) is 14.4. The van der Waals surface area contributed by atoms with Crippen LogP contribution >= 0.6 is 0 Å². The fourth-order valence-electron chi connectivity index (χ4n) is 3.09. The van der Waals surface area contributed by atoms with Crippen LogP contribution in [0.5, 0.6) is 5.75 Å². The van der Waals surface area contributed by atoms with Crippen LogP contribution in [0, 0.1) is 0 Å². The Balaban J connectivity index is 1.51. The summed E-state index contributed by atoms with van der Waals surface area (Å²) >= 11 is 0. The molecule has 1 aliphatic rings. The minimum atomic E-state index is -4.46. The van der Waals surface area contributed by atoms with Gasteiger partial charge in [-0.05, 0) is 48.4 Å². The van der Waals surface area contributed by atoms with Crippen molar-refractivity contribution in [2.75, 3.05) is 39.5 Å². The van der Waals surface area contributed by atoms with Gasteiger partial charge in [-0.15, -0.1) is 0 Å². The number of morpholine rings is 1. The third kappa shape index (κ3) is 6.68. The molecule has 4 nitrogen and oxygen atoms in total. The Kier molecular flexibility index (Phi) is 8.07. The molecule has 0 aliphatic carbocycles. The highest BCUT2D eigenvalue weighted by Crippen LogP contribution is 2.32. The summed E-state index contributed by atoms with van der Waals surface area (Å²) in [5.41, 5.74) is -0.766. The second-order valence-electron chi connectivity index (χ2n) is 6.81. The van der Waals surface area contributed by atoms with Crippen molar-refractivity contribution < 1.29 is 26.9 Å². The summed E-state index contributed by atoms with van der Waals surface area (Å²) in [5.74, 6) is 0.670. The van der Waals surface area contributed by atoms with Gasteiger partial charge in [0.1, 0.15) is 5.75 Å². The van der Waals surface area contributed by atoms with Crippen LogP contribution in [0.3, 0.4) is 0 Å². The molecule has 0 radical (unpaired) electrons. The van der Waals surface area contributed by atoms with Crippen molar-refractivity contribution in [1.82, 2.24) is 4.90 Å². The number of hydrogen-bond donors (Lipinski definition) is 0. The van der Waals surface area contributed by atoms with Crippen LogP contribution in [-0.4, -0.2) is 48.6 Å². The molecule has 0 saturated carbocycles. The molecule has 0 bridgehead atoms. The Morgan fingerprint density at radius 1 is 1.07 bits per heavy atom. The number of halogens is 3. The number of ether oxygens (including phenoxy) is 2. The van der Waals surface area contributed by atoms with Gasteiger partial charge in [0.25, 0.3) is 0 Å². The maximum absolute atomic E-state index is 13.0.